The van der Waals surface area contributed by atoms with Crippen LogP contribution in [0.5, 0.6) is 0 Å². The second kappa shape index (κ2) is 8.48. The number of non-ortho nitro benzene ring substituents is 1. The monoisotopic (exact) mass is 478 g/mol. The van der Waals surface area contributed by atoms with E-state index in [2.05, 4.69) is 15.3 Å². The van der Waals surface area contributed by atoms with Gasteiger partial charge in [-0.1, -0.05) is 30.0 Å². The number of aromatic amines is 1. The number of benzene rings is 2. The number of anilines is 1. The maximum absolute atomic E-state index is 13.5. The van der Waals surface area contributed by atoms with Crippen molar-refractivity contribution in [3.8, 4) is 5.69 Å². The molecule has 0 saturated heterocycles. The molecule has 0 radical (unpaired) electrons. The summed E-state index contributed by atoms with van der Waals surface area (Å²) in [5.74, 6) is -0.300. The number of rotatable bonds is 6. The van der Waals surface area contributed by atoms with Crippen molar-refractivity contribution in [3.63, 3.8) is 0 Å². The molecule has 2 N–H and O–H groups in total. The molecule has 1 amide bonds. The van der Waals surface area contributed by atoms with E-state index in [1.165, 1.54) is 40.2 Å². The molecule has 164 valence electrons. The number of H-pyrrole nitrogens is 1. The number of fused-ring (bicyclic) bond motifs is 3. The highest BCUT2D eigenvalue weighted by molar-refractivity contribution is 7.99. The van der Waals surface area contributed by atoms with Crippen LogP contribution in [-0.4, -0.2) is 36.1 Å². The highest BCUT2D eigenvalue weighted by atomic mass is 32.2. The fourth-order valence-electron chi connectivity index (χ4n) is 3.36. The molecule has 0 bridgehead atoms. The quantitative estimate of drug-likeness (QED) is 0.163. The van der Waals surface area contributed by atoms with Crippen molar-refractivity contribution in [2.75, 3.05) is 11.1 Å². The van der Waals surface area contributed by atoms with E-state index >= 15 is 0 Å². The van der Waals surface area contributed by atoms with Crippen molar-refractivity contribution < 1.29 is 9.72 Å². The lowest BCUT2D eigenvalue weighted by atomic mass is 10.2. The summed E-state index contributed by atoms with van der Waals surface area (Å²) in [5.41, 5.74) is 1.51. The third kappa shape index (κ3) is 3.97. The first-order valence-corrected chi connectivity index (χ1v) is 11.5. The molecule has 33 heavy (non-hydrogen) atoms. The molecular formula is C21H14N6O4S2. The van der Waals surface area contributed by atoms with Gasteiger partial charge in [-0.3, -0.25) is 24.3 Å². The summed E-state index contributed by atoms with van der Waals surface area (Å²) < 4.78 is 1.35. The average molecular weight is 479 g/mol. The molecule has 0 aliphatic rings. The van der Waals surface area contributed by atoms with Gasteiger partial charge in [0, 0.05) is 34.6 Å². The van der Waals surface area contributed by atoms with Gasteiger partial charge in [0.05, 0.1) is 16.4 Å². The van der Waals surface area contributed by atoms with E-state index in [9.17, 15) is 19.7 Å². The van der Waals surface area contributed by atoms with Crippen LogP contribution in [0.4, 0.5) is 10.8 Å². The second-order valence-corrected chi connectivity index (χ2v) is 8.71. The molecule has 0 saturated carbocycles. The molecule has 0 unspecified atom stereocenters. The number of nitrogens with one attached hydrogen (secondary N) is 2. The Morgan fingerprint density at radius 1 is 1.21 bits per heavy atom. The summed E-state index contributed by atoms with van der Waals surface area (Å²) in [6.45, 7) is 0. The minimum Gasteiger partial charge on any atom is -0.349 e. The molecule has 0 atom stereocenters. The van der Waals surface area contributed by atoms with Crippen LogP contribution in [0.3, 0.4) is 0 Å². The highest BCUT2D eigenvalue weighted by Crippen LogP contribution is 2.27. The number of thioether (sulfide) groups is 1. The normalized spacial score (nSPS) is 11.2. The zero-order valence-electron chi connectivity index (χ0n) is 16.7. The molecule has 0 aliphatic heterocycles. The van der Waals surface area contributed by atoms with Gasteiger partial charge in [0.15, 0.2) is 10.3 Å². The molecule has 5 rings (SSSR count). The Labute approximate surface area is 193 Å². The van der Waals surface area contributed by atoms with E-state index in [0.717, 1.165) is 22.7 Å². The summed E-state index contributed by atoms with van der Waals surface area (Å²) in [7, 11) is 0. The highest BCUT2D eigenvalue weighted by Gasteiger charge is 2.19. The van der Waals surface area contributed by atoms with E-state index in [0.29, 0.717) is 27.0 Å². The van der Waals surface area contributed by atoms with E-state index in [1.54, 1.807) is 11.6 Å². The van der Waals surface area contributed by atoms with Gasteiger partial charge in [-0.2, -0.15) is 0 Å². The van der Waals surface area contributed by atoms with Crippen molar-refractivity contribution in [1.82, 2.24) is 19.5 Å². The smallest absolute Gasteiger partial charge is 0.283 e. The Balaban J connectivity index is 1.60. The van der Waals surface area contributed by atoms with Crippen molar-refractivity contribution in [1.29, 1.82) is 0 Å². The molecule has 0 aliphatic carbocycles. The fourth-order valence-corrected chi connectivity index (χ4v) is 4.71. The molecule has 0 spiro atoms. The van der Waals surface area contributed by atoms with E-state index in [-0.39, 0.29) is 22.9 Å². The Morgan fingerprint density at radius 2 is 2.00 bits per heavy atom. The second-order valence-electron chi connectivity index (χ2n) is 6.88. The number of hydrogen-bond donors (Lipinski definition) is 2. The van der Waals surface area contributed by atoms with Crippen LogP contribution < -0.4 is 10.9 Å². The zero-order chi connectivity index (χ0) is 22.9. The number of para-hydroxylation sites is 1. The maximum Gasteiger partial charge on any atom is 0.283 e. The molecular weight excluding hydrogens is 464 g/mol. The lowest BCUT2D eigenvalue weighted by Crippen LogP contribution is -2.23. The van der Waals surface area contributed by atoms with Crippen molar-refractivity contribution in [3.05, 3.63) is 80.6 Å². The first-order valence-electron chi connectivity index (χ1n) is 9.62. The molecule has 2 aromatic carbocycles. The minimum absolute atomic E-state index is 0.00708. The van der Waals surface area contributed by atoms with Crippen LogP contribution >= 0.6 is 23.1 Å². The molecule has 10 nitrogen and oxygen atoms in total. The fraction of sp³-hybridized carbons (Fsp3) is 0.0476. The summed E-state index contributed by atoms with van der Waals surface area (Å²) >= 11 is 2.39. The predicted molar refractivity (Wildman–Crippen MR) is 127 cm³/mol. The van der Waals surface area contributed by atoms with Gasteiger partial charge in [0.2, 0.25) is 5.91 Å². The van der Waals surface area contributed by atoms with Crippen LogP contribution in [0.1, 0.15) is 0 Å². The standard InChI is InChI=1S/C21H14N6O4S2/c28-16(24-20-22-9-10-32-20)11-33-21-25-17-14-3-1-2-4-15(14)23-18(17)19(29)26(21)12-5-7-13(8-6-12)27(30)31/h1-10,23H,11H2,(H,22,24,28). The molecule has 12 heteroatoms. The van der Waals surface area contributed by atoms with Gasteiger partial charge in [0.25, 0.3) is 11.2 Å². The number of thiazole rings is 1. The number of carbonyl (C=O) groups is 1. The minimum atomic E-state index is -0.510. The average Bonchev–Trinajstić information content (AvgIpc) is 3.46. The van der Waals surface area contributed by atoms with Crippen LogP contribution in [0, 0.1) is 10.1 Å². The van der Waals surface area contributed by atoms with Crippen molar-refractivity contribution in [2.24, 2.45) is 0 Å². The summed E-state index contributed by atoms with van der Waals surface area (Å²) in [5, 5.41) is 17.0. The Hall–Kier alpha value is -4.03. The van der Waals surface area contributed by atoms with Gasteiger partial charge in [-0.05, 0) is 18.2 Å². The van der Waals surface area contributed by atoms with Gasteiger partial charge >= 0.3 is 0 Å². The largest absolute Gasteiger partial charge is 0.349 e. The summed E-state index contributed by atoms with van der Waals surface area (Å²) in [6.07, 6.45) is 1.59. The lowest BCUT2D eigenvalue weighted by Gasteiger charge is -2.12. The number of nitrogens with zero attached hydrogens (tertiary/aromatic N) is 4. The number of nitro benzene ring substituents is 1. The van der Waals surface area contributed by atoms with Gasteiger partial charge in [-0.25, -0.2) is 9.97 Å². The Bertz CT molecular complexity index is 1560. The van der Waals surface area contributed by atoms with Gasteiger partial charge in [-0.15, -0.1) is 11.3 Å². The number of nitro groups is 1. The van der Waals surface area contributed by atoms with Crippen LogP contribution in [0.25, 0.3) is 27.6 Å². The van der Waals surface area contributed by atoms with E-state index in [4.69, 9.17) is 4.98 Å². The maximum atomic E-state index is 13.5. The van der Waals surface area contributed by atoms with Crippen LogP contribution in [-0.2, 0) is 4.79 Å². The number of hydrogen-bond acceptors (Lipinski definition) is 8. The zero-order valence-corrected chi connectivity index (χ0v) is 18.4. The van der Waals surface area contributed by atoms with Crippen LogP contribution in [0.2, 0.25) is 0 Å². The Morgan fingerprint density at radius 3 is 2.73 bits per heavy atom. The molecule has 5 aromatic rings. The SMILES string of the molecule is O=C(CSc1nc2c([nH]c3ccccc32)c(=O)n1-c1ccc([N+](=O)[O-])cc1)Nc1nccs1. The number of carbonyl (C=O) groups excluding carboxylic acids is 1. The third-order valence-corrected chi connectivity index (χ3v) is 6.45. The summed E-state index contributed by atoms with van der Waals surface area (Å²) in [6, 6.07) is 13.0. The first kappa shape index (κ1) is 20.8. The predicted octanol–water partition coefficient (Wildman–Crippen LogP) is 3.96. The van der Waals surface area contributed by atoms with Crippen LogP contribution in [0.15, 0.2) is 70.1 Å². The van der Waals surface area contributed by atoms with E-state index < -0.39 is 4.92 Å². The third-order valence-electron chi connectivity index (χ3n) is 4.82. The molecule has 3 heterocycles. The summed E-state index contributed by atoms with van der Waals surface area (Å²) in [4.78, 5) is 48.2. The van der Waals surface area contributed by atoms with Crippen molar-refractivity contribution >= 4 is 61.8 Å². The molecule has 3 aromatic heterocycles. The van der Waals surface area contributed by atoms with E-state index in [1.807, 2.05) is 24.3 Å². The van der Waals surface area contributed by atoms with Crippen molar-refractivity contribution in [2.45, 2.75) is 5.16 Å². The molecule has 0 fully saturated rings. The van der Waals surface area contributed by atoms with Gasteiger partial charge in [0.1, 0.15) is 11.0 Å². The first-order chi connectivity index (χ1) is 16.0. The lowest BCUT2D eigenvalue weighted by molar-refractivity contribution is -0.384. The topological polar surface area (TPSA) is 136 Å². The van der Waals surface area contributed by atoms with Gasteiger partial charge < -0.3 is 10.3 Å². The Kier molecular flexibility index (Phi) is 5.36. The number of aromatic nitrogens is 4. The number of amides is 1.